The highest BCUT2D eigenvalue weighted by Gasteiger charge is 2.42. The summed E-state index contributed by atoms with van der Waals surface area (Å²) in [7, 11) is 0. The van der Waals surface area contributed by atoms with Crippen molar-refractivity contribution in [1.82, 2.24) is 9.78 Å². The van der Waals surface area contributed by atoms with E-state index in [2.05, 4.69) is 5.10 Å². The smallest absolute Gasteiger partial charge is 0.140 e. The van der Waals surface area contributed by atoms with Crippen molar-refractivity contribution in [2.75, 3.05) is 0 Å². The second-order valence-corrected chi connectivity index (χ2v) is 7.65. The summed E-state index contributed by atoms with van der Waals surface area (Å²) < 4.78 is 29.1. The fraction of sp³-hybridized carbons (Fsp3) is 0.304. The van der Waals surface area contributed by atoms with E-state index in [4.69, 9.17) is 0 Å². The Hall–Kier alpha value is -2.82. The lowest BCUT2D eigenvalue weighted by molar-refractivity contribution is -0.123. The molecule has 0 fully saturated rings. The van der Waals surface area contributed by atoms with Crippen molar-refractivity contribution in [3.8, 4) is 0 Å². The first-order chi connectivity index (χ1) is 13.4. The largest absolute Gasteiger partial charge is 0.299 e. The Labute approximate surface area is 166 Å². The molecule has 148 valence electrons. The second kappa shape index (κ2) is 6.97. The van der Waals surface area contributed by atoms with Crippen LogP contribution in [0.1, 0.15) is 44.1 Å². The third-order valence-electron chi connectivity index (χ3n) is 5.92. The van der Waals surface area contributed by atoms with Gasteiger partial charge in [-0.15, -0.1) is 0 Å². The number of hydrogen-bond donors (Lipinski definition) is 0. The zero-order valence-corrected chi connectivity index (χ0v) is 16.0. The van der Waals surface area contributed by atoms with Gasteiger partial charge in [-0.3, -0.25) is 9.48 Å². The van der Waals surface area contributed by atoms with Crippen LogP contribution in [0.5, 0.6) is 0 Å². The number of hydrogen-bond acceptors (Lipinski definition) is 2. The second-order valence-electron chi connectivity index (χ2n) is 7.65. The van der Waals surface area contributed by atoms with Gasteiger partial charge in [-0.25, -0.2) is 8.78 Å². The standard InChI is InChI=1S/C23H22F2N2O.2H2/c1-15-20(4-3-5-21(15)25)23(16(2)28)11-10-22-18(12-23)14-27(26-22)13-17-6-8-19(24)9-7-17;;/h3-9,14H,10-13H2,1-2H3;2*1H. The molecule has 0 saturated carbocycles. The van der Waals surface area contributed by atoms with Crippen LogP contribution in [0.25, 0.3) is 0 Å². The Morgan fingerprint density at radius 2 is 1.96 bits per heavy atom. The van der Waals surface area contributed by atoms with Crippen LogP contribution in [-0.4, -0.2) is 15.6 Å². The summed E-state index contributed by atoms with van der Waals surface area (Å²) >= 11 is 0. The molecular formula is C23H26F2N2O. The topological polar surface area (TPSA) is 34.9 Å². The number of fused-ring (bicyclic) bond motifs is 1. The molecule has 4 rings (SSSR count). The zero-order valence-electron chi connectivity index (χ0n) is 16.0. The number of aryl methyl sites for hydroxylation is 1. The van der Waals surface area contributed by atoms with Gasteiger partial charge in [0, 0.05) is 9.05 Å². The molecule has 1 unspecified atom stereocenters. The number of carbonyl (C=O) groups is 1. The number of nitrogens with zero attached hydrogens (tertiary/aromatic N) is 2. The van der Waals surface area contributed by atoms with E-state index in [1.807, 2.05) is 16.9 Å². The van der Waals surface area contributed by atoms with Crippen LogP contribution < -0.4 is 0 Å². The molecule has 0 aliphatic heterocycles. The Bertz CT molecular complexity index is 1050. The van der Waals surface area contributed by atoms with Crippen molar-refractivity contribution < 1.29 is 16.4 Å². The molecule has 3 aromatic rings. The Morgan fingerprint density at radius 3 is 2.68 bits per heavy atom. The van der Waals surface area contributed by atoms with E-state index in [1.54, 1.807) is 32.0 Å². The summed E-state index contributed by atoms with van der Waals surface area (Å²) in [6.45, 7) is 3.88. The molecule has 0 saturated heterocycles. The lowest BCUT2D eigenvalue weighted by Crippen LogP contribution is -2.40. The zero-order chi connectivity index (χ0) is 19.9. The molecule has 0 N–H and O–H groups in total. The summed E-state index contributed by atoms with van der Waals surface area (Å²) in [5.41, 5.74) is 3.56. The Kier molecular flexibility index (Phi) is 4.61. The number of aromatic nitrogens is 2. The first kappa shape index (κ1) is 18.5. The minimum Gasteiger partial charge on any atom is -0.299 e. The van der Waals surface area contributed by atoms with E-state index in [-0.39, 0.29) is 20.3 Å². The summed E-state index contributed by atoms with van der Waals surface area (Å²) in [4.78, 5) is 12.7. The maximum atomic E-state index is 14.2. The molecule has 2 aromatic carbocycles. The highest BCUT2D eigenvalue weighted by atomic mass is 19.1. The van der Waals surface area contributed by atoms with Crippen molar-refractivity contribution in [2.24, 2.45) is 0 Å². The van der Waals surface area contributed by atoms with E-state index >= 15 is 0 Å². The lowest BCUT2D eigenvalue weighted by Gasteiger charge is -2.36. The van der Waals surface area contributed by atoms with Crippen LogP contribution in [0.4, 0.5) is 8.78 Å². The Balaban J connectivity index is 0.00000160. The number of Topliss-reactive ketones (excluding diaryl/α,β-unsaturated/α-hetero) is 1. The van der Waals surface area contributed by atoms with Gasteiger partial charge in [-0.2, -0.15) is 5.10 Å². The molecule has 0 amide bonds. The lowest BCUT2D eigenvalue weighted by atomic mass is 9.65. The summed E-state index contributed by atoms with van der Waals surface area (Å²) in [6, 6.07) is 11.3. The minimum atomic E-state index is -0.719. The molecule has 5 heteroatoms. The third-order valence-corrected chi connectivity index (χ3v) is 5.92. The van der Waals surface area contributed by atoms with Crippen LogP contribution in [0.2, 0.25) is 0 Å². The van der Waals surface area contributed by atoms with Gasteiger partial charge in [0.05, 0.1) is 17.7 Å². The average Bonchev–Trinajstić information content (AvgIpc) is 3.06. The number of benzene rings is 2. The number of carbonyl (C=O) groups excluding carboxylic acids is 1. The van der Waals surface area contributed by atoms with E-state index in [9.17, 15) is 13.6 Å². The molecule has 1 heterocycles. The summed E-state index contributed by atoms with van der Waals surface area (Å²) in [6.07, 6.45) is 3.77. The molecule has 1 aromatic heterocycles. The van der Waals surface area contributed by atoms with Crippen LogP contribution in [-0.2, 0) is 29.6 Å². The summed E-state index contributed by atoms with van der Waals surface area (Å²) in [5.74, 6) is -0.491. The van der Waals surface area contributed by atoms with Gasteiger partial charge in [0.25, 0.3) is 0 Å². The Morgan fingerprint density at radius 1 is 1.21 bits per heavy atom. The van der Waals surface area contributed by atoms with Gasteiger partial charge in [-0.05, 0) is 73.6 Å². The first-order valence-electron chi connectivity index (χ1n) is 9.45. The molecule has 1 aliphatic carbocycles. The van der Waals surface area contributed by atoms with Gasteiger partial charge in [0.2, 0.25) is 0 Å². The highest BCUT2D eigenvalue weighted by molar-refractivity contribution is 5.89. The molecule has 0 bridgehead atoms. The van der Waals surface area contributed by atoms with E-state index in [0.29, 0.717) is 31.4 Å². The summed E-state index contributed by atoms with van der Waals surface area (Å²) in [5, 5.41) is 4.66. The number of halogens is 2. The van der Waals surface area contributed by atoms with Crippen molar-refractivity contribution in [3.63, 3.8) is 0 Å². The van der Waals surface area contributed by atoms with Gasteiger partial charge < -0.3 is 0 Å². The van der Waals surface area contributed by atoms with Gasteiger partial charge in [0.15, 0.2) is 0 Å². The van der Waals surface area contributed by atoms with Crippen molar-refractivity contribution in [1.29, 1.82) is 0 Å². The maximum Gasteiger partial charge on any atom is 0.140 e. The predicted octanol–water partition coefficient (Wildman–Crippen LogP) is 5.03. The highest BCUT2D eigenvalue weighted by Crippen LogP contribution is 2.41. The maximum absolute atomic E-state index is 14.2. The van der Waals surface area contributed by atoms with E-state index < -0.39 is 5.41 Å². The van der Waals surface area contributed by atoms with Crippen molar-refractivity contribution in [2.45, 2.75) is 45.1 Å². The van der Waals surface area contributed by atoms with Gasteiger partial charge in [-0.1, -0.05) is 24.3 Å². The molecule has 1 atom stereocenters. The minimum absolute atomic E-state index is 0. The molecular weight excluding hydrogens is 358 g/mol. The van der Waals surface area contributed by atoms with E-state index in [0.717, 1.165) is 22.4 Å². The first-order valence-corrected chi connectivity index (χ1v) is 9.45. The van der Waals surface area contributed by atoms with Gasteiger partial charge >= 0.3 is 0 Å². The molecule has 3 nitrogen and oxygen atoms in total. The fourth-order valence-electron chi connectivity index (χ4n) is 4.31. The average molecular weight is 384 g/mol. The molecule has 0 spiro atoms. The SMILES string of the molecule is CC(=O)C1(c2cccc(F)c2C)CCc2nn(Cc3ccc(F)cc3)cc2C1.[HH].[HH]. The van der Waals surface area contributed by atoms with Crippen LogP contribution in [0.15, 0.2) is 48.7 Å². The molecule has 0 radical (unpaired) electrons. The number of rotatable bonds is 4. The van der Waals surface area contributed by atoms with Gasteiger partial charge in [0.1, 0.15) is 17.4 Å². The van der Waals surface area contributed by atoms with Crippen molar-refractivity contribution in [3.05, 3.63) is 88.2 Å². The fourth-order valence-corrected chi connectivity index (χ4v) is 4.31. The van der Waals surface area contributed by atoms with Crippen molar-refractivity contribution >= 4 is 5.78 Å². The normalized spacial score (nSPS) is 18.7. The van der Waals surface area contributed by atoms with E-state index in [1.165, 1.54) is 18.2 Å². The quantitative estimate of drug-likeness (QED) is 0.633. The van der Waals surface area contributed by atoms with Crippen LogP contribution in [0, 0.1) is 18.6 Å². The number of ketones is 1. The van der Waals surface area contributed by atoms with Crippen LogP contribution >= 0.6 is 0 Å². The monoisotopic (exact) mass is 384 g/mol. The molecule has 1 aliphatic rings. The third kappa shape index (κ3) is 3.15. The predicted molar refractivity (Wildman–Crippen MR) is 107 cm³/mol. The van der Waals surface area contributed by atoms with Crippen LogP contribution in [0.3, 0.4) is 0 Å². The molecule has 28 heavy (non-hydrogen) atoms.